The van der Waals surface area contributed by atoms with Gasteiger partial charge >= 0.3 is 0 Å². The normalized spacial score (nSPS) is 12.2. The molecule has 0 aliphatic rings. The smallest absolute Gasteiger partial charge is 0.242 e. The minimum absolute atomic E-state index is 0.0740. The Balaban J connectivity index is 2.19. The van der Waals surface area contributed by atoms with Crippen LogP contribution in [0.2, 0.25) is 10.0 Å². The number of aryl methyl sites for hydroxylation is 1. The van der Waals surface area contributed by atoms with Crippen molar-refractivity contribution in [2.24, 2.45) is 0 Å². The summed E-state index contributed by atoms with van der Waals surface area (Å²) in [5, 5.41) is 3.59. The van der Waals surface area contributed by atoms with Crippen molar-refractivity contribution in [1.82, 2.24) is 10.2 Å². The second-order valence-corrected chi connectivity index (χ2v) is 11.2. The molecule has 0 spiro atoms. The maximum atomic E-state index is 13.3. The zero-order valence-corrected chi connectivity index (χ0v) is 22.9. The van der Waals surface area contributed by atoms with Crippen molar-refractivity contribution >= 4 is 50.7 Å². The van der Waals surface area contributed by atoms with Crippen LogP contribution in [0.1, 0.15) is 44.2 Å². The molecule has 0 saturated carbocycles. The summed E-state index contributed by atoms with van der Waals surface area (Å²) >= 11 is 12.2. The molecule has 1 unspecified atom stereocenters. The van der Waals surface area contributed by atoms with E-state index in [1.165, 1.54) is 9.21 Å². The van der Waals surface area contributed by atoms with Crippen LogP contribution in [0.3, 0.4) is 0 Å². The molecule has 1 N–H and O–H groups in total. The van der Waals surface area contributed by atoms with Crippen LogP contribution >= 0.6 is 23.2 Å². The van der Waals surface area contributed by atoms with Gasteiger partial charge in [-0.2, -0.15) is 0 Å². The topological polar surface area (TPSA) is 86.8 Å². The summed E-state index contributed by atoms with van der Waals surface area (Å²) < 4.78 is 26.2. The van der Waals surface area contributed by atoms with E-state index in [1.54, 1.807) is 37.3 Å². The van der Waals surface area contributed by atoms with E-state index >= 15 is 0 Å². The average Bonchev–Trinajstić information content (AvgIpc) is 2.80. The summed E-state index contributed by atoms with van der Waals surface area (Å²) in [5.41, 5.74) is 2.15. The van der Waals surface area contributed by atoms with Gasteiger partial charge in [-0.15, -0.1) is 0 Å². The number of nitrogens with zero attached hydrogens (tertiary/aromatic N) is 2. The van der Waals surface area contributed by atoms with E-state index < -0.39 is 16.1 Å². The van der Waals surface area contributed by atoms with Gasteiger partial charge < -0.3 is 10.2 Å². The van der Waals surface area contributed by atoms with Crippen molar-refractivity contribution in [3.05, 3.63) is 63.6 Å². The van der Waals surface area contributed by atoms with Gasteiger partial charge in [0.05, 0.1) is 22.0 Å². The molecule has 1 atom stereocenters. The molecule has 0 aliphatic carbocycles. The number of rotatable bonds is 12. The van der Waals surface area contributed by atoms with Gasteiger partial charge in [0, 0.05) is 26.1 Å². The molecule has 0 fully saturated rings. The van der Waals surface area contributed by atoms with Crippen LogP contribution in [-0.2, 0) is 26.2 Å². The second kappa shape index (κ2) is 13.1. The number of nitrogens with one attached hydrogen (secondary N) is 1. The SMILES string of the molecule is CCCNC(=O)C(C)N(Cc1ccc(Cl)c(Cl)c1)C(=O)CCCN(c1ccccc1C)S(C)(=O)=O. The molecular weight excluding hydrogens is 509 g/mol. The number of anilines is 1. The number of carbonyl (C=O) groups excluding carboxylic acids is 2. The van der Waals surface area contributed by atoms with Crippen LogP contribution in [0.25, 0.3) is 0 Å². The minimum Gasteiger partial charge on any atom is -0.354 e. The molecule has 0 aromatic heterocycles. The van der Waals surface area contributed by atoms with Gasteiger partial charge in [-0.25, -0.2) is 8.42 Å². The predicted octanol–water partition coefficient (Wildman–Crippen LogP) is 4.79. The Labute approximate surface area is 218 Å². The highest BCUT2D eigenvalue weighted by atomic mass is 35.5. The Morgan fingerprint density at radius 1 is 1.09 bits per heavy atom. The number of sulfonamides is 1. The lowest BCUT2D eigenvalue weighted by molar-refractivity contribution is -0.140. The molecular formula is C25H33Cl2N3O4S. The zero-order valence-electron chi connectivity index (χ0n) is 20.6. The Hall–Kier alpha value is -2.29. The molecule has 2 aromatic carbocycles. The Morgan fingerprint density at radius 3 is 2.37 bits per heavy atom. The minimum atomic E-state index is -3.54. The van der Waals surface area contributed by atoms with Gasteiger partial charge in [0.25, 0.3) is 0 Å². The molecule has 192 valence electrons. The first kappa shape index (κ1) is 28.9. The highest BCUT2D eigenvalue weighted by Gasteiger charge is 2.27. The summed E-state index contributed by atoms with van der Waals surface area (Å²) in [6.45, 7) is 6.30. The third-order valence-corrected chi connectivity index (χ3v) is 7.51. The van der Waals surface area contributed by atoms with Gasteiger partial charge in [0.2, 0.25) is 21.8 Å². The zero-order chi connectivity index (χ0) is 26.2. The first-order chi connectivity index (χ1) is 16.5. The molecule has 0 bridgehead atoms. The third-order valence-electron chi connectivity index (χ3n) is 5.59. The van der Waals surface area contributed by atoms with Crippen LogP contribution in [0, 0.1) is 6.92 Å². The van der Waals surface area contributed by atoms with E-state index in [1.807, 2.05) is 26.0 Å². The van der Waals surface area contributed by atoms with E-state index in [0.29, 0.717) is 28.7 Å². The number of hydrogen-bond donors (Lipinski definition) is 1. The van der Waals surface area contributed by atoms with Gasteiger partial charge in [0.1, 0.15) is 6.04 Å². The van der Waals surface area contributed by atoms with Crippen LogP contribution in [0.5, 0.6) is 0 Å². The number of amides is 2. The number of hydrogen-bond acceptors (Lipinski definition) is 4. The fourth-order valence-electron chi connectivity index (χ4n) is 3.64. The molecule has 0 saturated heterocycles. The van der Waals surface area contributed by atoms with Crippen molar-refractivity contribution in [3.63, 3.8) is 0 Å². The molecule has 2 rings (SSSR count). The van der Waals surface area contributed by atoms with E-state index in [2.05, 4.69) is 5.32 Å². The summed E-state index contributed by atoms with van der Waals surface area (Å²) in [6.07, 6.45) is 2.30. The molecule has 0 radical (unpaired) electrons. The van der Waals surface area contributed by atoms with Crippen LogP contribution in [0.4, 0.5) is 5.69 Å². The third kappa shape index (κ3) is 8.40. The monoisotopic (exact) mass is 541 g/mol. The lowest BCUT2D eigenvalue weighted by Gasteiger charge is -2.29. The molecule has 2 aromatic rings. The molecule has 35 heavy (non-hydrogen) atoms. The highest BCUT2D eigenvalue weighted by molar-refractivity contribution is 7.92. The van der Waals surface area contributed by atoms with Crippen LogP contribution < -0.4 is 9.62 Å². The standard InChI is InChI=1S/C25H33Cl2N3O4S/c1-5-14-28-25(32)19(3)29(17-20-12-13-21(26)22(27)16-20)24(31)11-8-15-30(35(4,33)34)23-10-7-6-9-18(23)2/h6-7,9-10,12-13,16,19H,5,8,11,14-15,17H2,1-4H3,(H,28,32). The van der Waals surface area contributed by atoms with E-state index in [0.717, 1.165) is 23.8 Å². The number of halogens is 2. The molecule has 0 heterocycles. The first-order valence-corrected chi connectivity index (χ1v) is 14.1. The van der Waals surface area contributed by atoms with Crippen molar-refractivity contribution in [1.29, 1.82) is 0 Å². The average molecular weight is 543 g/mol. The van der Waals surface area contributed by atoms with Crippen LogP contribution in [-0.4, -0.2) is 50.5 Å². The summed E-state index contributed by atoms with van der Waals surface area (Å²) in [6, 6.07) is 11.6. The Morgan fingerprint density at radius 2 is 1.77 bits per heavy atom. The van der Waals surface area contributed by atoms with E-state index in [4.69, 9.17) is 23.2 Å². The number of benzene rings is 2. The maximum absolute atomic E-state index is 13.3. The summed E-state index contributed by atoms with van der Waals surface area (Å²) in [4.78, 5) is 27.4. The highest BCUT2D eigenvalue weighted by Crippen LogP contribution is 2.25. The van der Waals surface area contributed by atoms with Crippen molar-refractivity contribution in [2.45, 2.75) is 52.6 Å². The molecule has 7 nitrogen and oxygen atoms in total. The fraction of sp³-hybridized carbons (Fsp3) is 0.440. The summed E-state index contributed by atoms with van der Waals surface area (Å²) in [5.74, 6) is -0.508. The van der Waals surface area contributed by atoms with Gasteiger partial charge in [-0.1, -0.05) is 54.4 Å². The van der Waals surface area contributed by atoms with Crippen molar-refractivity contribution in [2.75, 3.05) is 23.7 Å². The van der Waals surface area contributed by atoms with Gasteiger partial charge in [-0.05, 0) is 56.0 Å². The number of carbonyl (C=O) groups is 2. The van der Waals surface area contributed by atoms with Crippen LogP contribution in [0.15, 0.2) is 42.5 Å². The lowest BCUT2D eigenvalue weighted by Crippen LogP contribution is -2.47. The maximum Gasteiger partial charge on any atom is 0.242 e. The van der Waals surface area contributed by atoms with E-state index in [9.17, 15) is 18.0 Å². The Kier molecular flexibility index (Phi) is 10.9. The Bertz CT molecular complexity index is 1140. The largest absolute Gasteiger partial charge is 0.354 e. The number of para-hydroxylation sites is 1. The fourth-order valence-corrected chi connectivity index (χ4v) is 4.98. The predicted molar refractivity (Wildman–Crippen MR) is 142 cm³/mol. The van der Waals surface area contributed by atoms with Crippen molar-refractivity contribution in [3.8, 4) is 0 Å². The lowest BCUT2D eigenvalue weighted by atomic mass is 10.1. The van der Waals surface area contributed by atoms with Gasteiger partial charge in [0.15, 0.2) is 0 Å². The van der Waals surface area contributed by atoms with E-state index in [-0.39, 0.29) is 31.3 Å². The van der Waals surface area contributed by atoms with Gasteiger partial charge in [-0.3, -0.25) is 13.9 Å². The molecule has 10 heteroatoms. The molecule has 0 aliphatic heterocycles. The quantitative estimate of drug-likeness (QED) is 0.418. The van der Waals surface area contributed by atoms with Crippen molar-refractivity contribution < 1.29 is 18.0 Å². The second-order valence-electron chi connectivity index (χ2n) is 8.46. The summed E-state index contributed by atoms with van der Waals surface area (Å²) in [7, 11) is -3.54. The first-order valence-electron chi connectivity index (χ1n) is 11.5. The molecule has 2 amide bonds.